The first kappa shape index (κ1) is 8.87. The normalized spacial score (nSPS) is 4.50. The Morgan fingerprint density at radius 1 is 1.25 bits per heavy atom. The standard InChI is InChI=1S/C3H8.Pb.2H/c1-3-2;;;/h3H2,1-2H3;;;. The zero-order valence-corrected chi connectivity index (χ0v) is 8.91. The summed E-state index contributed by atoms with van der Waals surface area (Å²) in [6.45, 7) is 4.25. The molecule has 0 amide bonds. The summed E-state index contributed by atoms with van der Waals surface area (Å²) in [7, 11) is 0. The van der Waals surface area contributed by atoms with Crippen molar-refractivity contribution in [3.8, 4) is 0 Å². The molecular weight excluding hydrogens is 243 g/mol. The average molecular weight is 253 g/mol. The molecule has 0 atom stereocenters. The summed E-state index contributed by atoms with van der Waals surface area (Å²) >= 11 is 0. The molecule has 0 N–H and O–H groups in total. The quantitative estimate of drug-likeness (QED) is 0.552. The fraction of sp³-hybridized carbons (Fsp3) is 1.00. The molecule has 4 heavy (non-hydrogen) atoms. The second kappa shape index (κ2) is 9.06. The van der Waals surface area contributed by atoms with Gasteiger partial charge in [0.2, 0.25) is 0 Å². The number of rotatable bonds is 0. The van der Waals surface area contributed by atoms with Gasteiger partial charge in [0.15, 0.2) is 0 Å². The van der Waals surface area contributed by atoms with Gasteiger partial charge < -0.3 is 0 Å². The average Bonchev–Trinajstić information content (AvgIpc) is 0.918. The van der Waals surface area contributed by atoms with E-state index in [0.29, 0.717) is 0 Å². The van der Waals surface area contributed by atoms with E-state index in [9.17, 15) is 0 Å². The molecule has 0 heterocycles. The Labute approximate surface area is 47.8 Å². The fourth-order valence-corrected chi connectivity index (χ4v) is 0. The van der Waals surface area contributed by atoms with Gasteiger partial charge in [-0.05, 0) is 0 Å². The molecule has 0 fully saturated rings. The van der Waals surface area contributed by atoms with Crippen LogP contribution in [0.1, 0.15) is 20.3 Å². The van der Waals surface area contributed by atoms with Gasteiger partial charge in [-0.15, -0.1) is 0 Å². The predicted octanol–water partition coefficient (Wildman–Crippen LogP) is 0.500. The van der Waals surface area contributed by atoms with E-state index >= 15 is 0 Å². The van der Waals surface area contributed by atoms with Gasteiger partial charge in [-0.3, -0.25) is 0 Å². The predicted molar refractivity (Wildman–Crippen MR) is 24.5 cm³/mol. The summed E-state index contributed by atoms with van der Waals surface area (Å²) in [5.41, 5.74) is 0. The summed E-state index contributed by atoms with van der Waals surface area (Å²) < 4.78 is 0. The zero-order chi connectivity index (χ0) is 2.71. The second-order valence-corrected chi connectivity index (χ2v) is 0.707. The van der Waals surface area contributed by atoms with Crippen molar-refractivity contribution < 1.29 is 0 Å². The van der Waals surface area contributed by atoms with Crippen LogP contribution in [0.3, 0.4) is 0 Å². The van der Waals surface area contributed by atoms with Crippen molar-refractivity contribution in [2.75, 3.05) is 0 Å². The van der Waals surface area contributed by atoms with E-state index in [1.165, 1.54) is 6.42 Å². The molecule has 0 aliphatic rings. The number of hydrogen-bond donors (Lipinski definition) is 0. The molecule has 0 aliphatic carbocycles. The minimum atomic E-state index is 0. The molecule has 0 aromatic heterocycles. The van der Waals surface area contributed by atoms with Crippen molar-refractivity contribution in [1.82, 2.24) is 0 Å². The molecule has 0 bridgehead atoms. The van der Waals surface area contributed by atoms with Gasteiger partial charge in [0, 0.05) is 0 Å². The van der Waals surface area contributed by atoms with E-state index in [1.807, 2.05) is 0 Å². The molecule has 0 unspecified atom stereocenters. The van der Waals surface area contributed by atoms with Crippen molar-refractivity contribution in [2.24, 2.45) is 0 Å². The van der Waals surface area contributed by atoms with Crippen molar-refractivity contribution in [3.63, 3.8) is 0 Å². The topological polar surface area (TPSA) is 0 Å². The summed E-state index contributed by atoms with van der Waals surface area (Å²) in [6, 6.07) is 0. The number of hydrogen-bond acceptors (Lipinski definition) is 0. The van der Waals surface area contributed by atoms with Crippen LogP contribution in [0.25, 0.3) is 0 Å². The molecule has 0 spiro atoms. The van der Waals surface area contributed by atoms with E-state index in [1.54, 1.807) is 0 Å². The van der Waals surface area contributed by atoms with Crippen molar-refractivity contribution in [1.29, 1.82) is 0 Å². The Morgan fingerprint density at radius 3 is 1.25 bits per heavy atom. The second-order valence-electron chi connectivity index (χ2n) is 0.707. The third-order valence-electron chi connectivity index (χ3n) is 0. The molecular formula is C3H10Pb. The fourth-order valence-electron chi connectivity index (χ4n) is 0. The van der Waals surface area contributed by atoms with Crippen LogP contribution in [0.5, 0.6) is 0 Å². The molecule has 0 saturated heterocycles. The molecule has 1 heteroatoms. The SMILES string of the molecule is CCC.[PbH2]. The Balaban J connectivity index is 0. The summed E-state index contributed by atoms with van der Waals surface area (Å²) in [5, 5.41) is 0. The van der Waals surface area contributed by atoms with Crippen molar-refractivity contribution in [2.45, 2.75) is 20.3 Å². The third-order valence-corrected chi connectivity index (χ3v) is 0. The molecule has 26 valence electrons. The summed E-state index contributed by atoms with van der Waals surface area (Å²) in [4.78, 5) is 0. The molecule has 0 saturated carbocycles. The summed E-state index contributed by atoms with van der Waals surface area (Å²) in [5.74, 6) is 0. The van der Waals surface area contributed by atoms with Crippen LogP contribution in [-0.2, 0) is 0 Å². The van der Waals surface area contributed by atoms with Gasteiger partial charge in [0.25, 0.3) is 0 Å². The van der Waals surface area contributed by atoms with Crippen LogP contribution in [0, 0.1) is 0 Å². The first-order valence-corrected chi connectivity index (χ1v) is 1.41. The Hall–Kier alpha value is 0.922. The first-order valence-electron chi connectivity index (χ1n) is 1.41. The Kier molecular flexibility index (Phi) is 20.1. The first-order chi connectivity index (χ1) is 1.41. The van der Waals surface area contributed by atoms with Gasteiger partial charge in [0.1, 0.15) is 0 Å². The van der Waals surface area contributed by atoms with E-state index in [4.69, 9.17) is 0 Å². The monoisotopic (exact) mass is 254 g/mol. The van der Waals surface area contributed by atoms with Crippen LogP contribution in [0.2, 0.25) is 0 Å². The molecule has 0 nitrogen and oxygen atoms in total. The van der Waals surface area contributed by atoms with Gasteiger partial charge in [0.05, 0.1) is 0 Å². The van der Waals surface area contributed by atoms with Gasteiger partial charge in [-0.1, -0.05) is 20.3 Å². The van der Waals surface area contributed by atoms with Gasteiger partial charge in [-0.25, -0.2) is 0 Å². The van der Waals surface area contributed by atoms with E-state index < -0.39 is 0 Å². The van der Waals surface area contributed by atoms with Gasteiger partial charge >= 0.3 is 27.3 Å². The van der Waals surface area contributed by atoms with Crippen molar-refractivity contribution in [3.05, 3.63) is 0 Å². The van der Waals surface area contributed by atoms with Crippen LogP contribution in [0.15, 0.2) is 0 Å². The third kappa shape index (κ3) is 12.7. The van der Waals surface area contributed by atoms with E-state index in [0.717, 1.165) is 0 Å². The maximum absolute atomic E-state index is 2.12. The zero-order valence-electron chi connectivity index (χ0n) is 3.41. The Morgan fingerprint density at radius 2 is 1.25 bits per heavy atom. The van der Waals surface area contributed by atoms with Crippen molar-refractivity contribution >= 4 is 27.3 Å². The molecule has 0 rings (SSSR count). The summed E-state index contributed by atoms with van der Waals surface area (Å²) in [6.07, 6.45) is 1.25. The van der Waals surface area contributed by atoms with E-state index in [-0.39, 0.29) is 27.3 Å². The molecule has 0 aliphatic heterocycles. The van der Waals surface area contributed by atoms with Crippen LogP contribution in [-0.4, -0.2) is 27.3 Å². The van der Waals surface area contributed by atoms with Crippen LogP contribution < -0.4 is 0 Å². The Bertz CT molecular complexity index is 3.25. The maximum atomic E-state index is 2.12. The minimum absolute atomic E-state index is 0. The molecule has 2 radical (unpaired) electrons. The van der Waals surface area contributed by atoms with E-state index in [2.05, 4.69) is 13.8 Å². The van der Waals surface area contributed by atoms with Crippen LogP contribution >= 0.6 is 0 Å². The molecule has 0 aromatic carbocycles. The molecule has 0 aromatic rings. The van der Waals surface area contributed by atoms with Gasteiger partial charge in [-0.2, -0.15) is 0 Å². The van der Waals surface area contributed by atoms with Crippen LogP contribution in [0.4, 0.5) is 0 Å².